The van der Waals surface area contributed by atoms with Crippen LogP contribution < -0.4 is 15.4 Å². The molecule has 4 heteroatoms. The fourth-order valence-electron chi connectivity index (χ4n) is 1.30. The van der Waals surface area contributed by atoms with Crippen LogP contribution in [0.5, 0.6) is 5.75 Å². The van der Waals surface area contributed by atoms with Crippen LogP contribution in [-0.2, 0) is 4.79 Å². The summed E-state index contributed by atoms with van der Waals surface area (Å²) in [5, 5.41) is 5.76. The predicted molar refractivity (Wildman–Crippen MR) is 64.8 cm³/mol. The zero-order chi connectivity index (χ0) is 11.8. The molecule has 0 aliphatic carbocycles. The maximum atomic E-state index is 11.2. The van der Waals surface area contributed by atoms with Crippen molar-refractivity contribution < 1.29 is 9.53 Å². The van der Waals surface area contributed by atoms with Crippen LogP contribution in [0.15, 0.2) is 24.3 Å². The molecule has 0 saturated heterocycles. The Kier molecular flexibility index (Phi) is 5.19. The molecule has 1 amide bonds. The van der Waals surface area contributed by atoms with Crippen LogP contribution in [0.4, 0.5) is 5.69 Å². The molecular formula is C12H18N2O2. The van der Waals surface area contributed by atoms with Gasteiger partial charge in [0, 0.05) is 18.3 Å². The molecule has 16 heavy (non-hydrogen) atoms. The van der Waals surface area contributed by atoms with E-state index in [-0.39, 0.29) is 12.5 Å². The van der Waals surface area contributed by atoms with Crippen molar-refractivity contribution in [3.63, 3.8) is 0 Å². The summed E-state index contributed by atoms with van der Waals surface area (Å²) >= 11 is 0. The van der Waals surface area contributed by atoms with Gasteiger partial charge in [-0.1, -0.05) is 6.07 Å². The highest BCUT2D eigenvalue weighted by Gasteiger charge is 2.00. The van der Waals surface area contributed by atoms with Crippen LogP contribution >= 0.6 is 0 Å². The lowest BCUT2D eigenvalue weighted by Gasteiger charge is -2.08. The highest BCUT2D eigenvalue weighted by atomic mass is 16.5. The molecule has 0 unspecified atom stereocenters. The number of rotatable bonds is 6. The van der Waals surface area contributed by atoms with E-state index in [1.54, 1.807) is 0 Å². The molecule has 0 fully saturated rings. The summed E-state index contributed by atoms with van der Waals surface area (Å²) in [6.45, 7) is 5.41. The monoisotopic (exact) mass is 222 g/mol. The number of likely N-dealkylation sites (N-methyl/N-ethyl adjacent to an activating group) is 1. The van der Waals surface area contributed by atoms with Gasteiger partial charge in [0.15, 0.2) is 0 Å². The number of carbonyl (C=O) groups is 1. The predicted octanol–water partition coefficient (Wildman–Crippen LogP) is 1.63. The molecule has 0 atom stereocenters. The Morgan fingerprint density at radius 2 is 2.19 bits per heavy atom. The number of ether oxygens (including phenoxy) is 1. The molecule has 0 aliphatic rings. The molecule has 88 valence electrons. The van der Waals surface area contributed by atoms with E-state index in [1.807, 2.05) is 38.1 Å². The van der Waals surface area contributed by atoms with E-state index in [0.29, 0.717) is 13.2 Å². The summed E-state index contributed by atoms with van der Waals surface area (Å²) in [5.41, 5.74) is 0.886. The van der Waals surface area contributed by atoms with Gasteiger partial charge in [-0.25, -0.2) is 0 Å². The van der Waals surface area contributed by atoms with Gasteiger partial charge in [-0.2, -0.15) is 0 Å². The Labute approximate surface area is 96.0 Å². The van der Waals surface area contributed by atoms with Crippen LogP contribution in [0.2, 0.25) is 0 Å². The number of hydrogen-bond donors (Lipinski definition) is 2. The first-order chi connectivity index (χ1) is 7.76. The van der Waals surface area contributed by atoms with Gasteiger partial charge in [0.25, 0.3) is 0 Å². The summed E-state index contributed by atoms with van der Waals surface area (Å²) in [6, 6.07) is 7.57. The number of amides is 1. The minimum Gasteiger partial charge on any atom is -0.494 e. The molecule has 4 nitrogen and oxygen atoms in total. The number of carbonyl (C=O) groups excluding carboxylic acids is 1. The quantitative estimate of drug-likeness (QED) is 0.769. The Morgan fingerprint density at radius 1 is 1.38 bits per heavy atom. The van der Waals surface area contributed by atoms with Crippen LogP contribution in [-0.4, -0.2) is 25.6 Å². The molecule has 0 saturated carbocycles. The second-order valence-electron chi connectivity index (χ2n) is 3.27. The Hall–Kier alpha value is -1.71. The van der Waals surface area contributed by atoms with Crippen molar-refractivity contribution in [2.75, 3.05) is 25.0 Å². The van der Waals surface area contributed by atoms with Crippen molar-refractivity contribution in [2.45, 2.75) is 13.8 Å². The maximum Gasteiger partial charge on any atom is 0.239 e. The number of hydrogen-bond acceptors (Lipinski definition) is 3. The maximum absolute atomic E-state index is 11.2. The standard InChI is InChI=1S/C12H18N2O2/c1-3-13-12(15)9-14-10-6-5-7-11(8-10)16-4-2/h5-8,14H,3-4,9H2,1-2H3,(H,13,15). The Morgan fingerprint density at radius 3 is 2.88 bits per heavy atom. The summed E-state index contributed by atoms with van der Waals surface area (Å²) in [5.74, 6) is 0.799. The van der Waals surface area contributed by atoms with E-state index in [0.717, 1.165) is 11.4 Å². The number of nitrogens with one attached hydrogen (secondary N) is 2. The number of anilines is 1. The lowest BCUT2D eigenvalue weighted by Crippen LogP contribution is -2.29. The van der Waals surface area contributed by atoms with Crippen molar-refractivity contribution in [3.8, 4) is 5.75 Å². The van der Waals surface area contributed by atoms with E-state index in [2.05, 4.69) is 10.6 Å². The van der Waals surface area contributed by atoms with Gasteiger partial charge in [0.05, 0.1) is 13.2 Å². The smallest absolute Gasteiger partial charge is 0.239 e. The second kappa shape index (κ2) is 6.71. The lowest BCUT2D eigenvalue weighted by molar-refractivity contribution is -0.119. The topological polar surface area (TPSA) is 50.4 Å². The van der Waals surface area contributed by atoms with Crippen LogP contribution in [0.1, 0.15) is 13.8 Å². The summed E-state index contributed by atoms with van der Waals surface area (Å²) < 4.78 is 5.36. The number of benzene rings is 1. The third kappa shape index (κ3) is 4.21. The molecule has 0 heterocycles. The largest absolute Gasteiger partial charge is 0.494 e. The summed E-state index contributed by atoms with van der Waals surface area (Å²) in [4.78, 5) is 11.2. The Balaban J connectivity index is 2.47. The summed E-state index contributed by atoms with van der Waals surface area (Å²) in [7, 11) is 0. The van der Waals surface area contributed by atoms with E-state index in [9.17, 15) is 4.79 Å². The van der Waals surface area contributed by atoms with Gasteiger partial charge in [0.2, 0.25) is 5.91 Å². The van der Waals surface area contributed by atoms with E-state index < -0.39 is 0 Å². The van der Waals surface area contributed by atoms with Crippen molar-refractivity contribution in [1.29, 1.82) is 0 Å². The van der Waals surface area contributed by atoms with Crippen molar-refractivity contribution in [1.82, 2.24) is 5.32 Å². The molecule has 1 aromatic carbocycles. The van der Waals surface area contributed by atoms with Gasteiger partial charge >= 0.3 is 0 Å². The third-order valence-electron chi connectivity index (χ3n) is 1.97. The molecule has 2 N–H and O–H groups in total. The zero-order valence-corrected chi connectivity index (χ0v) is 9.75. The highest BCUT2D eigenvalue weighted by molar-refractivity contribution is 5.80. The molecular weight excluding hydrogens is 204 g/mol. The van der Waals surface area contributed by atoms with Crippen molar-refractivity contribution in [3.05, 3.63) is 24.3 Å². The van der Waals surface area contributed by atoms with Gasteiger partial charge in [-0.15, -0.1) is 0 Å². The van der Waals surface area contributed by atoms with Gasteiger partial charge < -0.3 is 15.4 Å². The van der Waals surface area contributed by atoms with Gasteiger partial charge in [-0.3, -0.25) is 4.79 Å². The summed E-state index contributed by atoms with van der Waals surface area (Å²) in [6.07, 6.45) is 0. The van der Waals surface area contributed by atoms with Crippen LogP contribution in [0.3, 0.4) is 0 Å². The van der Waals surface area contributed by atoms with Crippen molar-refractivity contribution >= 4 is 11.6 Å². The molecule has 0 radical (unpaired) electrons. The SMILES string of the molecule is CCNC(=O)CNc1cccc(OCC)c1. The first-order valence-electron chi connectivity index (χ1n) is 5.49. The lowest BCUT2D eigenvalue weighted by atomic mass is 10.3. The third-order valence-corrected chi connectivity index (χ3v) is 1.97. The fraction of sp³-hybridized carbons (Fsp3) is 0.417. The van der Waals surface area contributed by atoms with Crippen LogP contribution in [0, 0.1) is 0 Å². The van der Waals surface area contributed by atoms with E-state index in [1.165, 1.54) is 0 Å². The normalized spacial score (nSPS) is 9.62. The Bertz CT molecular complexity index is 340. The molecule has 0 spiro atoms. The molecule has 0 aromatic heterocycles. The fourth-order valence-corrected chi connectivity index (χ4v) is 1.30. The molecule has 1 rings (SSSR count). The minimum absolute atomic E-state index is 0.00990. The molecule has 0 bridgehead atoms. The van der Waals surface area contributed by atoms with Crippen molar-refractivity contribution in [2.24, 2.45) is 0 Å². The average Bonchev–Trinajstić information content (AvgIpc) is 2.28. The zero-order valence-electron chi connectivity index (χ0n) is 9.75. The first kappa shape index (κ1) is 12.4. The minimum atomic E-state index is -0.00990. The van der Waals surface area contributed by atoms with Crippen LogP contribution in [0.25, 0.3) is 0 Å². The molecule has 1 aromatic rings. The van der Waals surface area contributed by atoms with E-state index >= 15 is 0 Å². The van der Waals surface area contributed by atoms with Gasteiger partial charge in [0.1, 0.15) is 5.75 Å². The van der Waals surface area contributed by atoms with Gasteiger partial charge in [-0.05, 0) is 26.0 Å². The average molecular weight is 222 g/mol. The molecule has 0 aliphatic heterocycles. The second-order valence-corrected chi connectivity index (χ2v) is 3.27. The first-order valence-corrected chi connectivity index (χ1v) is 5.49. The highest BCUT2D eigenvalue weighted by Crippen LogP contribution is 2.16. The van der Waals surface area contributed by atoms with E-state index in [4.69, 9.17) is 4.74 Å².